The molecule has 1 atom stereocenters. The fourth-order valence-corrected chi connectivity index (χ4v) is 3.23. The van der Waals surface area contributed by atoms with Gasteiger partial charge in [-0.2, -0.15) is 0 Å². The molecule has 1 aliphatic carbocycles. The Morgan fingerprint density at radius 2 is 2.11 bits per heavy atom. The van der Waals surface area contributed by atoms with Gasteiger partial charge in [-0.25, -0.2) is 0 Å². The molecule has 0 radical (unpaired) electrons. The molecule has 19 heavy (non-hydrogen) atoms. The minimum atomic E-state index is 0.398. The minimum Gasteiger partial charge on any atom is -0.496 e. The van der Waals surface area contributed by atoms with Crippen LogP contribution in [0.1, 0.15) is 50.6 Å². The summed E-state index contributed by atoms with van der Waals surface area (Å²) in [5.41, 5.74) is 1.26. The van der Waals surface area contributed by atoms with Crippen LogP contribution in [0.4, 0.5) is 0 Å². The molecule has 0 amide bonds. The summed E-state index contributed by atoms with van der Waals surface area (Å²) in [4.78, 5) is 0. The second-order valence-electron chi connectivity index (χ2n) is 5.36. The molecular weight excluding hydrogens is 258 g/mol. The van der Waals surface area contributed by atoms with Gasteiger partial charge < -0.3 is 10.1 Å². The van der Waals surface area contributed by atoms with Crippen LogP contribution in [0.15, 0.2) is 18.2 Å². The first-order valence-electron chi connectivity index (χ1n) is 7.33. The first kappa shape index (κ1) is 14.7. The minimum absolute atomic E-state index is 0.398. The van der Waals surface area contributed by atoms with Gasteiger partial charge in [0, 0.05) is 16.6 Å². The average molecular weight is 282 g/mol. The van der Waals surface area contributed by atoms with Crippen LogP contribution in [0.5, 0.6) is 5.75 Å². The van der Waals surface area contributed by atoms with Crippen LogP contribution in [0.25, 0.3) is 0 Å². The quantitative estimate of drug-likeness (QED) is 0.824. The fourth-order valence-electron chi connectivity index (χ4n) is 3.06. The van der Waals surface area contributed by atoms with Gasteiger partial charge in [0.15, 0.2) is 0 Å². The summed E-state index contributed by atoms with van der Waals surface area (Å²) in [5, 5.41) is 4.44. The van der Waals surface area contributed by atoms with E-state index in [1.54, 1.807) is 7.11 Å². The highest BCUT2D eigenvalue weighted by Gasteiger charge is 2.27. The van der Waals surface area contributed by atoms with Gasteiger partial charge in [-0.05, 0) is 43.9 Å². The van der Waals surface area contributed by atoms with Gasteiger partial charge >= 0.3 is 0 Å². The third kappa shape index (κ3) is 3.64. The van der Waals surface area contributed by atoms with Crippen molar-refractivity contribution in [3.8, 4) is 5.75 Å². The molecule has 2 rings (SSSR count). The van der Waals surface area contributed by atoms with Crippen molar-refractivity contribution < 1.29 is 4.74 Å². The highest BCUT2D eigenvalue weighted by Crippen LogP contribution is 2.39. The van der Waals surface area contributed by atoms with Gasteiger partial charge in [0.2, 0.25) is 0 Å². The summed E-state index contributed by atoms with van der Waals surface area (Å²) < 4.78 is 5.52. The van der Waals surface area contributed by atoms with E-state index in [0.29, 0.717) is 6.04 Å². The highest BCUT2D eigenvalue weighted by molar-refractivity contribution is 6.30. The normalized spacial score (nSPS) is 17.6. The Kier molecular flexibility index (Phi) is 5.53. The van der Waals surface area contributed by atoms with Crippen molar-refractivity contribution in [2.75, 3.05) is 13.7 Å². The average Bonchev–Trinajstić information content (AvgIpc) is 2.94. The van der Waals surface area contributed by atoms with Gasteiger partial charge in [0.1, 0.15) is 5.75 Å². The van der Waals surface area contributed by atoms with Crippen LogP contribution < -0.4 is 10.1 Å². The van der Waals surface area contributed by atoms with E-state index in [-0.39, 0.29) is 0 Å². The molecule has 0 saturated heterocycles. The summed E-state index contributed by atoms with van der Waals surface area (Å²) >= 11 is 6.06. The van der Waals surface area contributed by atoms with E-state index in [9.17, 15) is 0 Å². The van der Waals surface area contributed by atoms with Gasteiger partial charge in [-0.15, -0.1) is 0 Å². The van der Waals surface area contributed by atoms with Crippen molar-refractivity contribution in [3.63, 3.8) is 0 Å². The number of nitrogens with one attached hydrogen (secondary N) is 1. The number of methoxy groups -OCH3 is 1. The predicted octanol–water partition coefficient (Wildman–Crippen LogP) is 4.58. The molecule has 1 aliphatic rings. The summed E-state index contributed by atoms with van der Waals surface area (Å²) in [7, 11) is 1.72. The molecule has 1 unspecified atom stereocenters. The van der Waals surface area contributed by atoms with Crippen LogP contribution in [0.3, 0.4) is 0 Å². The molecular formula is C16H24ClNO. The Morgan fingerprint density at radius 3 is 2.74 bits per heavy atom. The Bertz CT molecular complexity index is 402. The van der Waals surface area contributed by atoms with Gasteiger partial charge in [0.25, 0.3) is 0 Å². The summed E-state index contributed by atoms with van der Waals surface area (Å²) in [6, 6.07) is 6.41. The fraction of sp³-hybridized carbons (Fsp3) is 0.625. The Hall–Kier alpha value is -0.730. The lowest BCUT2D eigenvalue weighted by atomic mass is 9.91. The predicted molar refractivity (Wildman–Crippen MR) is 81.0 cm³/mol. The molecule has 1 aromatic carbocycles. The zero-order valence-electron chi connectivity index (χ0n) is 11.9. The standard InChI is InChI=1S/C16H24ClNO/c1-3-10-18-16(12-6-4-5-7-12)14-9-8-13(17)11-15(14)19-2/h8-9,11-12,16,18H,3-7,10H2,1-2H3. The topological polar surface area (TPSA) is 21.3 Å². The molecule has 0 aromatic heterocycles. The van der Waals surface area contributed by atoms with Crippen molar-refractivity contribution in [1.82, 2.24) is 5.32 Å². The maximum Gasteiger partial charge on any atom is 0.125 e. The molecule has 1 N–H and O–H groups in total. The molecule has 3 heteroatoms. The molecule has 1 saturated carbocycles. The summed E-state index contributed by atoms with van der Waals surface area (Å²) in [5.74, 6) is 1.63. The lowest BCUT2D eigenvalue weighted by Gasteiger charge is -2.27. The van der Waals surface area contributed by atoms with Crippen molar-refractivity contribution >= 4 is 11.6 Å². The van der Waals surface area contributed by atoms with E-state index in [1.165, 1.54) is 31.2 Å². The van der Waals surface area contributed by atoms with Crippen molar-refractivity contribution in [3.05, 3.63) is 28.8 Å². The summed E-state index contributed by atoms with van der Waals surface area (Å²) in [6.07, 6.45) is 6.48. The number of ether oxygens (including phenoxy) is 1. The van der Waals surface area contributed by atoms with E-state index in [2.05, 4.69) is 18.3 Å². The smallest absolute Gasteiger partial charge is 0.125 e. The number of hydrogen-bond acceptors (Lipinski definition) is 2. The Morgan fingerprint density at radius 1 is 1.37 bits per heavy atom. The monoisotopic (exact) mass is 281 g/mol. The number of rotatable bonds is 6. The van der Waals surface area contributed by atoms with Crippen LogP contribution in [0, 0.1) is 5.92 Å². The zero-order chi connectivity index (χ0) is 13.7. The molecule has 1 aromatic rings. The van der Waals surface area contributed by atoms with Crippen molar-refractivity contribution in [1.29, 1.82) is 0 Å². The van der Waals surface area contributed by atoms with E-state index >= 15 is 0 Å². The Labute approximate surface area is 121 Å². The van der Waals surface area contributed by atoms with E-state index in [0.717, 1.165) is 29.7 Å². The molecule has 0 aliphatic heterocycles. The zero-order valence-corrected chi connectivity index (χ0v) is 12.7. The number of halogens is 1. The van der Waals surface area contributed by atoms with Crippen LogP contribution in [-0.4, -0.2) is 13.7 Å². The van der Waals surface area contributed by atoms with Gasteiger partial charge in [0.05, 0.1) is 7.11 Å². The molecule has 0 spiro atoms. The first-order chi connectivity index (χ1) is 9.26. The lowest BCUT2D eigenvalue weighted by molar-refractivity contribution is 0.345. The highest BCUT2D eigenvalue weighted by atomic mass is 35.5. The molecule has 0 bridgehead atoms. The van der Waals surface area contributed by atoms with Gasteiger partial charge in [-0.1, -0.05) is 37.4 Å². The van der Waals surface area contributed by atoms with Gasteiger partial charge in [-0.3, -0.25) is 0 Å². The summed E-state index contributed by atoms with van der Waals surface area (Å²) in [6.45, 7) is 3.25. The van der Waals surface area contributed by atoms with E-state index in [1.807, 2.05) is 12.1 Å². The van der Waals surface area contributed by atoms with E-state index < -0.39 is 0 Å². The first-order valence-corrected chi connectivity index (χ1v) is 7.71. The van der Waals surface area contributed by atoms with Crippen LogP contribution >= 0.6 is 11.6 Å². The van der Waals surface area contributed by atoms with Crippen molar-refractivity contribution in [2.45, 2.75) is 45.1 Å². The molecule has 1 fully saturated rings. The lowest BCUT2D eigenvalue weighted by Crippen LogP contribution is -2.28. The number of benzene rings is 1. The van der Waals surface area contributed by atoms with Crippen molar-refractivity contribution in [2.24, 2.45) is 5.92 Å². The SMILES string of the molecule is CCCNC(c1ccc(Cl)cc1OC)C1CCCC1. The molecule has 106 valence electrons. The second-order valence-corrected chi connectivity index (χ2v) is 5.80. The Balaban J connectivity index is 2.25. The van der Waals surface area contributed by atoms with E-state index in [4.69, 9.17) is 16.3 Å². The largest absolute Gasteiger partial charge is 0.496 e. The van der Waals surface area contributed by atoms with Crippen LogP contribution in [-0.2, 0) is 0 Å². The maximum absolute atomic E-state index is 6.06. The third-order valence-electron chi connectivity index (χ3n) is 4.02. The molecule has 2 nitrogen and oxygen atoms in total. The van der Waals surface area contributed by atoms with Crippen LogP contribution in [0.2, 0.25) is 5.02 Å². The maximum atomic E-state index is 6.06. The third-order valence-corrected chi connectivity index (χ3v) is 4.25. The molecule has 0 heterocycles. The second kappa shape index (κ2) is 7.16. The number of hydrogen-bond donors (Lipinski definition) is 1.